The average molecular weight is 437 g/mol. The van der Waals surface area contributed by atoms with Crippen LogP contribution in [0.2, 0.25) is 0 Å². The molecule has 7 nitrogen and oxygen atoms in total. The van der Waals surface area contributed by atoms with Gasteiger partial charge in [-0.1, -0.05) is 49.7 Å². The Bertz CT molecular complexity index is 1110. The number of hydrogen-bond acceptors (Lipinski definition) is 6. The van der Waals surface area contributed by atoms with E-state index in [0.29, 0.717) is 22.1 Å². The van der Waals surface area contributed by atoms with Crippen molar-refractivity contribution in [2.45, 2.75) is 40.3 Å². The first-order chi connectivity index (χ1) is 15.3. The second-order valence-corrected chi connectivity index (χ2v) is 7.80. The third-order valence-electron chi connectivity index (χ3n) is 5.04. The van der Waals surface area contributed by atoms with Crippen molar-refractivity contribution in [1.82, 2.24) is 5.32 Å². The lowest BCUT2D eigenvalue weighted by atomic mass is 10.0. The average Bonchev–Trinajstić information content (AvgIpc) is 3.15. The second kappa shape index (κ2) is 10.1. The molecule has 3 aromatic rings. The van der Waals surface area contributed by atoms with E-state index in [1.807, 2.05) is 32.9 Å². The first kappa shape index (κ1) is 23.1. The molecule has 32 heavy (non-hydrogen) atoms. The van der Waals surface area contributed by atoms with E-state index in [-0.39, 0.29) is 30.8 Å². The van der Waals surface area contributed by atoms with Gasteiger partial charge in [-0.25, -0.2) is 9.59 Å². The molecule has 168 valence electrons. The molecule has 0 saturated carbocycles. The molecule has 0 aliphatic heterocycles. The number of esters is 2. The topological polar surface area (TPSA) is 94.8 Å². The van der Waals surface area contributed by atoms with Gasteiger partial charge < -0.3 is 19.2 Å². The number of hydrogen-bond donors (Lipinski definition) is 1. The van der Waals surface area contributed by atoms with Crippen LogP contribution in [0.25, 0.3) is 11.0 Å². The van der Waals surface area contributed by atoms with Crippen molar-refractivity contribution in [3.63, 3.8) is 0 Å². The number of furan rings is 1. The maximum Gasteiger partial charge on any atom is 0.374 e. The van der Waals surface area contributed by atoms with E-state index < -0.39 is 18.0 Å². The number of amides is 1. The van der Waals surface area contributed by atoms with Crippen LogP contribution in [0.1, 0.15) is 52.8 Å². The van der Waals surface area contributed by atoms with Gasteiger partial charge in [0.25, 0.3) is 5.91 Å². The van der Waals surface area contributed by atoms with Crippen LogP contribution in [0.5, 0.6) is 0 Å². The summed E-state index contributed by atoms with van der Waals surface area (Å²) in [6.07, 6.45) is 0. The Morgan fingerprint density at radius 3 is 2.34 bits per heavy atom. The van der Waals surface area contributed by atoms with Gasteiger partial charge in [-0.05, 0) is 38.0 Å². The Balaban J connectivity index is 1.77. The Morgan fingerprint density at radius 1 is 1.00 bits per heavy atom. The number of nitrogens with one attached hydrogen (secondary N) is 1. The molecule has 0 aliphatic carbocycles. The molecule has 7 heteroatoms. The van der Waals surface area contributed by atoms with Crippen LogP contribution in [0.4, 0.5) is 0 Å². The molecule has 0 unspecified atom stereocenters. The number of ether oxygens (including phenoxy) is 2. The number of carbonyl (C=O) groups excluding carboxylic acids is 3. The molecule has 1 atom stereocenters. The smallest absolute Gasteiger partial charge is 0.374 e. The zero-order chi connectivity index (χ0) is 23.3. The fraction of sp³-hybridized carbons (Fsp3) is 0.320. The molecule has 0 radical (unpaired) electrons. The molecular formula is C25H27NO6. The Morgan fingerprint density at radius 2 is 1.69 bits per heavy atom. The number of aryl methyl sites for hydroxylation is 1. The maximum absolute atomic E-state index is 12.9. The number of benzene rings is 2. The van der Waals surface area contributed by atoms with Gasteiger partial charge in [-0.2, -0.15) is 0 Å². The minimum atomic E-state index is -0.854. The molecule has 1 aromatic heterocycles. The van der Waals surface area contributed by atoms with Gasteiger partial charge in [-0.3, -0.25) is 4.79 Å². The Hall–Kier alpha value is -3.61. The van der Waals surface area contributed by atoms with Crippen molar-refractivity contribution >= 4 is 28.8 Å². The van der Waals surface area contributed by atoms with Crippen LogP contribution < -0.4 is 5.32 Å². The highest BCUT2D eigenvalue weighted by Gasteiger charge is 2.28. The van der Waals surface area contributed by atoms with E-state index >= 15 is 0 Å². The number of carbonyl (C=O) groups is 3. The van der Waals surface area contributed by atoms with Crippen molar-refractivity contribution in [2.75, 3.05) is 6.61 Å². The van der Waals surface area contributed by atoms with Crippen LogP contribution >= 0.6 is 0 Å². The monoisotopic (exact) mass is 437 g/mol. The van der Waals surface area contributed by atoms with Crippen LogP contribution in [-0.2, 0) is 20.9 Å². The van der Waals surface area contributed by atoms with Crippen LogP contribution in [-0.4, -0.2) is 30.5 Å². The minimum absolute atomic E-state index is 0.00522. The van der Waals surface area contributed by atoms with Crippen LogP contribution in [0.15, 0.2) is 52.9 Å². The van der Waals surface area contributed by atoms with E-state index in [4.69, 9.17) is 13.9 Å². The first-order valence-electron chi connectivity index (χ1n) is 10.5. The maximum atomic E-state index is 12.9. The van der Waals surface area contributed by atoms with E-state index in [2.05, 4.69) is 5.32 Å². The molecule has 0 fully saturated rings. The lowest BCUT2D eigenvalue weighted by molar-refractivity contribution is -0.148. The molecule has 0 saturated heterocycles. The molecule has 1 amide bonds. The van der Waals surface area contributed by atoms with E-state index in [9.17, 15) is 14.4 Å². The normalized spacial score (nSPS) is 11.9. The summed E-state index contributed by atoms with van der Waals surface area (Å²) in [7, 11) is 0. The van der Waals surface area contributed by atoms with Gasteiger partial charge in [-0.15, -0.1) is 0 Å². The summed E-state index contributed by atoms with van der Waals surface area (Å²) in [6.45, 7) is 7.27. The van der Waals surface area contributed by atoms with E-state index in [1.54, 1.807) is 43.3 Å². The summed E-state index contributed by atoms with van der Waals surface area (Å²) in [4.78, 5) is 37.8. The third-order valence-corrected chi connectivity index (χ3v) is 5.04. The SMILES string of the molecule is CCOC(=O)c1oc2ccccc2c1COC(=O)[C@@H](NC(=O)c1ccc(C)cc1)C(C)C. The predicted octanol–water partition coefficient (Wildman–Crippen LogP) is 4.42. The van der Waals surface area contributed by atoms with Gasteiger partial charge in [0.15, 0.2) is 0 Å². The van der Waals surface area contributed by atoms with Crippen molar-refractivity contribution < 1.29 is 28.3 Å². The van der Waals surface area contributed by atoms with Gasteiger partial charge in [0, 0.05) is 10.9 Å². The van der Waals surface area contributed by atoms with Gasteiger partial charge in [0.2, 0.25) is 5.76 Å². The van der Waals surface area contributed by atoms with Gasteiger partial charge in [0.05, 0.1) is 12.2 Å². The molecule has 3 rings (SSSR count). The standard InChI is InChI=1S/C25H27NO6/c1-5-30-25(29)22-19(18-8-6-7-9-20(18)32-22)14-31-24(28)21(15(2)3)26-23(27)17-12-10-16(4)11-13-17/h6-13,15,21H,5,14H2,1-4H3,(H,26,27)/t21-/m0/s1. The van der Waals surface area contributed by atoms with Crippen molar-refractivity contribution in [1.29, 1.82) is 0 Å². The van der Waals surface area contributed by atoms with Crippen LogP contribution in [0.3, 0.4) is 0 Å². The van der Waals surface area contributed by atoms with Gasteiger partial charge in [0.1, 0.15) is 18.2 Å². The zero-order valence-corrected chi connectivity index (χ0v) is 18.6. The highest BCUT2D eigenvalue weighted by atomic mass is 16.5. The lowest BCUT2D eigenvalue weighted by Crippen LogP contribution is -2.45. The van der Waals surface area contributed by atoms with Gasteiger partial charge >= 0.3 is 11.9 Å². The van der Waals surface area contributed by atoms with E-state index in [1.165, 1.54) is 0 Å². The fourth-order valence-electron chi connectivity index (χ4n) is 3.26. The zero-order valence-electron chi connectivity index (χ0n) is 18.6. The summed E-state index contributed by atoms with van der Waals surface area (Å²) >= 11 is 0. The number of para-hydroxylation sites is 1. The first-order valence-corrected chi connectivity index (χ1v) is 10.5. The largest absolute Gasteiger partial charge is 0.460 e. The molecular weight excluding hydrogens is 410 g/mol. The molecule has 0 aliphatic rings. The molecule has 1 N–H and O–H groups in total. The number of rotatable bonds is 8. The van der Waals surface area contributed by atoms with Crippen molar-refractivity contribution in [3.05, 3.63) is 71.0 Å². The Kier molecular flexibility index (Phi) is 7.30. The van der Waals surface area contributed by atoms with Crippen molar-refractivity contribution in [3.8, 4) is 0 Å². The molecule has 1 heterocycles. The highest BCUT2D eigenvalue weighted by Crippen LogP contribution is 2.27. The summed E-state index contributed by atoms with van der Waals surface area (Å²) in [5.41, 5.74) is 2.42. The van der Waals surface area contributed by atoms with E-state index in [0.717, 1.165) is 5.56 Å². The predicted molar refractivity (Wildman–Crippen MR) is 119 cm³/mol. The summed E-state index contributed by atoms with van der Waals surface area (Å²) in [6, 6.07) is 13.3. The minimum Gasteiger partial charge on any atom is -0.460 e. The fourth-order valence-corrected chi connectivity index (χ4v) is 3.26. The Labute approximate surface area is 186 Å². The molecule has 0 spiro atoms. The molecule has 0 bridgehead atoms. The van der Waals surface area contributed by atoms with Crippen LogP contribution in [0, 0.1) is 12.8 Å². The molecule has 2 aromatic carbocycles. The lowest BCUT2D eigenvalue weighted by Gasteiger charge is -2.21. The second-order valence-electron chi connectivity index (χ2n) is 7.80. The third kappa shape index (κ3) is 5.17. The quantitative estimate of drug-likeness (QED) is 0.525. The summed E-state index contributed by atoms with van der Waals surface area (Å²) in [5.74, 6) is -1.78. The summed E-state index contributed by atoms with van der Waals surface area (Å²) in [5, 5.41) is 3.41. The van der Waals surface area contributed by atoms with Crippen molar-refractivity contribution in [2.24, 2.45) is 5.92 Å². The highest BCUT2D eigenvalue weighted by molar-refractivity contribution is 5.97. The number of fused-ring (bicyclic) bond motifs is 1. The summed E-state index contributed by atoms with van der Waals surface area (Å²) < 4.78 is 16.2.